The van der Waals surface area contributed by atoms with Crippen LogP contribution in [0.2, 0.25) is 0 Å². The minimum absolute atomic E-state index is 0.0572. The van der Waals surface area contributed by atoms with Crippen molar-refractivity contribution in [2.75, 3.05) is 20.8 Å². The van der Waals surface area contributed by atoms with E-state index in [0.717, 1.165) is 21.2 Å². The minimum Gasteiger partial charge on any atom is -0.493 e. The fourth-order valence-electron chi connectivity index (χ4n) is 3.53. The average Bonchev–Trinajstić information content (AvgIpc) is 2.84. The Labute approximate surface area is 215 Å². The number of rotatable bonds is 10. The van der Waals surface area contributed by atoms with Gasteiger partial charge in [-0.05, 0) is 61.4 Å². The van der Waals surface area contributed by atoms with Gasteiger partial charge in [0.25, 0.3) is 0 Å². The van der Waals surface area contributed by atoms with E-state index < -0.39 is 15.9 Å². The van der Waals surface area contributed by atoms with E-state index in [1.54, 1.807) is 50.6 Å². The summed E-state index contributed by atoms with van der Waals surface area (Å²) in [6.45, 7) is 3.44. The third kappa shape index (κ3) is 6.84. The van der Waals surface area contributed by atoms with E-state index in [0.29, 0.717) is 11.5 Å². The maximum atomic E-state index is 13.5. The van der Waals surface area contributed by atoms with Crippen LogP contribution >= 0.6 is 15.9 Å². The van der Waals surface area contributed by atoms with Crippen LogP contribution in [0.15, 0.2) is 76.1 Å². The highest BCUT2D eigenvalue weighted by atomic mass is 79.9. The van der Waals surface area contributed by atoms with Gasteiger partial charge in [0.2, 0.25) is 15.9 Å². The monoisotopic (exact) mass is 560 g/mol. The highest BCUT2D eigenvalue weighted by Crippen LogP contribution is 2.30. The van der Waals surface area contributed by atoms with E-state index in [1.165, 1.54) is 4.31 Å². The van der Waals surface area contributed by atoms with Crippen molar-refractivity contribution < 1.29 is 22.7 Å². The number of carbonyl (C=O) groups is 1. The molecule has 1 amide bonds. The number of amides is 1. The molecule has 3 aromatic rings. The van der Waals surface area contributed by atoms with Crippen molar-refractivity contribution in [1.29, 1.82) is 0 Å². The molecule has 0 saturated heterocycles. The molecule has 9 heteroatoms. The first kappa shape index (κ1) is 26.7. The molecule has 0 unspecified atom stereocenters. The smallest absolute Gasteiger partial charge is 0.243 e. The number of aryl methyl sites for hydroxylation is 1. The van der Waals surface area contributed by atoms with Gasteiger partial charge in [0.05, 0.1) is 31.7 Å². The number of carbonyl (C=O) groups excluding carboxylic acids is 1. The molecule has 35 heavy (non-hydrogen) atoms. The van der Waals surface area contributed by atoms with Crippen LogP contribution in [0.3, 0.4) is 0 Å². The molecular formula is C26H29BrN2O5S. The summed E-state index contributed by atoms with van der Waals surface area (Å²) in [5, 5.41) is 2.89. The Bertz CT molecular complexity index is 1260. The first-order valence-electron chi connectivity index (χ1n) is 11.0. The second kappa shape index (κ2) is 11.7. The lowest BCUT2D eigenvalue weighted by Gasteiger charge is -2.23. The summed E-state index contributed by atoms with van der Waals surface area (Å²) in [7, 11) is -0.822. The lowest BCUT2D eigenvalue weighted by Crippen LogP contribution is -2.41. The number of hydrogen-bond acceptors (Lipinski definition) is 5. The first-order chi connectivity index (χ1) is 16.6. The minimum atomic E-state index is -3.92. The zero-order chi connectivity index (χ0) is 25.6. The van der Waals surface area contributed by atoms with Crippen molar-refractivity contribution in [3.63, 3.8) is 0 Å². The Morgan fingerprint density at radius 1 is 0.971 bits per heavy atom. The number of hydrogen-bond donors (Lipinski definition) is 1. The van der Waals surface area contributed by atoms with Crippen molar-refractivity contribution in [3.05, 3.63) is 87.9 Å². The molecule has 3 rings (SSSR count). The normalized spacial score (nSPS) is 12.3. The van der Waals surface area contributed by atoms with E-state index in [9.17, 15) is 13.2 Å². The Morgan fingerprint density at radius 3 is 2.20 bits per heavy atom. The maximum Gasteiger partial charge on any atom is 0.243 e. The summed E-state index contributed by atoms with van der Waals surface area (Å²) in [6.07, 6.45) is 0. The number of sulfonamides is 1. The number of halogens is 1. The summed E-state index contributed by atoms with van der Waals surface area (Å²) in [4.78, 5) is 13.2. The molecule has 0 heterocycles. The van der Waals surface area contributed by atoms with Crippen LogP contribution in [0.4, 0.5) is 0 Å². The molecule has 1 N–H and O–H groups in total. The first-order valence-corrected chi connectivity index (χ1v) is 13.2. The fourth-order valence-corrected chi connectivity index (χ4v) is 5.18. The topological polar surface area (TPSA) is 84.9 Å². The van der Waals surface area contributed by atoms with Crippen LogP contribution in [-0.2, 0) is 21.4 Å². The number of nitrogens with zero attached hydrogens (tertiary/aromatic N) is 1. The molecule has 1 atom stereocenters. The molecule has 0 bridgehead atoms. The molecule has 0 aliphatic rings. The molecule has 3 aromatic carbocycles. The van der Waals surface area contributed by atoms with Gasteiger partial charge < -0.3 is 14.8 Å². The Morgan fingerprint density at radius 2 is 1.60 bits per heavy atom. The fraction of sp³-hybridized carbons (Fsp3) is 0.269. The van der Waals surface area contributed by atoms with Crippen LogP contribution < -0.4 is 14.8 Å². The van der Waals surface area contributed by atoms with E-state index in [-0.39, 0.29) is 24.0 Å². The van der Waals surface area contributed by atoms with Gasteiger partial charge in [0, 0.05) is 11.0 Å². The number of nitrogens with one attached hydrogen (secondary N) is 1. The van der Waals surface area contributed by atoms with Crippen molar-refractivity contribution >= 4 is 31.9 Å². The van der Waals surface area contributed by atoms with E-state index in [4.69, 9.17) is 9.47 Å². The van der Waals surface area contributed by atoms with Crippen LogP contribution in [0.5, 0.6) is 11.5 Å². The van der Waals surface area contributed by atoms with E-state index in [1.807, 2.05) is 44.2 Å². The van der Waals surface area contributed by atoms with Crippen molar-refractivity contribution in [2.45, 2.75) is 31.3 Å². The quantitative estimate of drug-likeness (QED) is 0.383. The van der Waals surface area contributed by atoms with Gasteiger partial charge >= 0.3 is 0 Å². The van der Waals surface area contributed by atoms with Crippen molar-refractivity contribution in [3.8, 4) is 11.5 Å². The summed E-state index contributed by atoms with van der Waals surface area (Å²) in [5.41, 5.74) is 2.52. The molecule has 7 nitrogen and oxygen atoms in total. The van der Waals surface area contributed by atoms with Crippen LogP contribution in [-0.4, -0.2) is 39.4 Å². The molecule has 0 fully saturated rings. The third-order valence-electron chi connectivity index (χ3n) is 5.54. The second-order valence-electron chi connectivity index (χ2n) is 8.12. The number of methoxy groups -OCH3 is 2. The van der Waals surface area contributed by atoms with Gasteiger partial charge in [-0.3, -0.25) is 4.79 Å². The Kier molecular flexibility index (Phi) is 8.93. The van der Waals surface area contributed by atoms with E-state index >= 15 is 0 Å². The van der Waals surface area contributed by atoms with Gasteiger partial charge in [-0.2, -0.15) is 4.31 Å². The highest BCUT2D eigenvalue weighted by Gasteiger charge is 2.27. The van der Waals surface area contributed by atoms with Gasteiger partial charge in [0.1, 0.15) is 0 Å². The standard InChI is InChI=1S/C26H29BrN2O5S/c1-18-5-12-23(13-6-18)35(31,32)29(16-20-7-10-22(27)11-8-20)17-26(30)28-19(2)21-9-14-24(33-3)25(15-21)34-4/h5-15,19H,16-17H2,1-4H3,(H,28,30)/t19-/m0/s1. The predicted molar refractivity (Wildman–Crippen MR) is 139 cm³/mol. The predicted octanol–water partition coefficient (Wildman–Crippen LogP) is 4.84. The highest BCUT2D eigenvalue weighted by molar-refractivity contribution is 9.10. The van der Waals surface area contributed by atoms with Gasteiger partial charge in [-0.25, -0.2) is 8.42 Å². The molecular weight excluding hydrogens is 532 g/mol. The molecule has 0 saturated carbocycles. The van der Waals surface area contributed by atoms with Crippen LogP contribution in [0.1, 0.15) is 29.7 Å². The molecule has 0 aliphatic heterocycles. The molecule has 0 aromatic heterocycles. The van der Waals surface area contributed by atoms with Gasteiger partial charge in [0.15, 0.2) is 11.5 Å². The number of ether oxygens (including phenoxy) is 2. The van der Waals surface area contributed by atoms with Crippen molar-refractivity contribution in [1.82, 2.24) is 9.62 Å². The Balaban J connectivity index is 1.83. The van der Waals surface area contributed by atoms with Gasteiger partial charge in [-0.15, -0.1) is 0 Å². The SMILES string of the molecule is COc1ccc([C@H](C)NC(=O)CN(Cc2ccc(Br)cc2)S(=O)(=O)c2ccc(C)cc2)cc1OC. The zero-order valence-electron chi connectivity index (χ0n) is 20.1. The average molecular weight is 561 g/mol. The third-order valence-corrected chi connectivity index (χ3v) is 7.87. The van der Waals surface area contributed by atoms with Crippen LogP contribution in [0, 0.1) is 6.92 Å². The molecule has 0 aliphatic carbocycles. The number of benzene rings is 3. The molecule has 0 radical (unpaired) electrons. The summed E-state index contributed by atoms with van der Waals surface area (Å²) >= 11 is 3.39. The lowest BCUT2D eigenvalue weighted by molar-refractivity contribution is -0.122. The Hall–Kier alpha value is -2.88. The largest absolute Gasteiger partial charge is 0.493 e. The van der Waals surface area contributed by atoms with E-state index in [2.05, 4.69) is 21.2 Å². The molecule has 186 valence electrons. The maximum absolute atomic E-state index is 13.5. The lowest BCUT2D eigenvalue weighted by atomic mass is 10.1. The summed E-state index contributed by atoms with van der Waals surface area (Å²) < 4.78 is 39.6. The van der Waals surface area contributed by atoms with Gasteiger partial charge in [-0.1, -0.05) is 51.8 Å². The van der Waals surface area contributed by atoms with Crippen molar-refractivity contribution in [2.24, 2.45) is 0 Å². The molecule has 0 spiro atoms. The summed E-state index contributed by atoms with van der Waals surface area (Å²) in [5.74, 6) is 0.713. The zero-order valence-corrected chi connectivity index (χ0v) is 22.5. The summed E-state index contributed by atoms with van der Waals surface area (Å²) in [6, 6.07) is 18.9. The van der Waals surface area contributed by atoms with Crippen LogP contribution in [0.25, 0.3) is 0 Å². The second-order valence-corrected chi connectivity index (χ2v) is 11.0.